The van der Waals surface area contributed by atoms with Crippen molar-refractivity contribution in [3.05, 3.63) is 35.5 Å². The number of hydrogen-bond donors (Lipinski definition) is 2. The molecule has 2 N–H and O–H groups in total. The number of aryl methyl sites for hydroxylation is 2. The van der Waals surface area contributed by atoms with Gasteiger partial charge in [-0.25, -0.2) is 19.7 Å². The number of pyridine rings is 1. The zero-order valence-corrected chi connectivity index (χ0v) is 28.7. The largest absolute Gasteiger partial charge is 0.465 e. The van der Waals surface area contributed by atoms with E-state index in [-0.39, 0.29) is 17.8 Å². The van der Waals surface area contributed by atoms with Gasteiger partial charge in [0.25, 0.3) is 0 Å². The van der Waals surface area contributed by atoms with Gasteiger partial charge in [0.1, 0.15) is 37.7 Å². The van der Waals surface area contributed by atoms with Crippen molar-refractivity contribution in [2.24, 2.45) is 5.41 Å². The van der Waals surface area contributed by atoms with Crippen molar-refractivity contribution < 1.29 is 19.1 Å². The molecule has 1 atom stereocenters. The molecule has 10 heteroatoms. The number of rotatable bonds is 8. The smallest absolute Gasteiger partial charge is 0.407 e. The van der Waals surface area contributed by atoms with E-state index in [4.69, 9.17) is 9.40 Å². The molecule has 2 amide bonds. The standard InChI is InChI=1S/C33H47N5O4Si/c1-19(2)43(20(3)4,21(5)6)14-13-26-15-25(29-28-22(7)24(9)42-31(28)35-18-34-29)16-27(36-26)37-30(39)23(8)38(32(40)41)17-33(10,11)12/h15-16,18-21,23H,17H2,1-12H3,(H,40,41)(H,36,37,39). The molecule has 3 aromatic heterocycles. The molecule has 0 bridgehead atoms. The maximum absolute atomic E-state index is 13.4. The van der Waals surface area contributed by atoms with Crippen LogP contribution >= 0.6 is 0 Å². The van der Waals surface area contributed by atoms with Crippen LogP contribution in [0.4, 0.5) is 10.6 Å². The van der Waals surface area contributed by atoms with Crippen LogP contribution in [-0.4, -0.2) is 57.6 Å². The van der Waals surface area contributed by atoms with E-state index in [0.717, 1.165) is 21.6 Å². The highest BCUT2D eigenvalue weighted by Crippen LogP contribution is 2.41. The Bertz CT molecular complexity index is 1540. The molecule has 3 rings (SSSR count). The fraction of sp³-hybridized carbons (Fsp3) is 0.545. The van der Waals surface area contributed by atoms with Crippen LogP contribution < -0.4 is 5.32 Å². The number of anilines is 1. The average Bonchev–Trinajstić information content (AvgIpc) is 3.19. The van der Waals surface area contributed by atoms with Crippen LogP contribution in [0, 0.1) is 30.7 Å². The summed E-state index contributed by atoms with van der Waals surface area (Å²) in [5.74, 6) is 3.95. The summed E-state index contributed by atoms with van der Waals surface area (Å²) in [6.45, 7) is 25.0. The van der Waals surface area contributed by atoms with Crippen molar-refractivity contribution in [2.75, 3.05) is 11.9 Å². The van der Waals surface area contributed by atoms with Gasteiger partial charge in [-0.15, -0.1) is 5.54 Å². The van der Waals surface area contributed by atoms with Gasteiger partial charge in [0.05, 0.1) is 11.1 Å². The summed E-state index contributed by atoms with van der Waals surface area (Å²) in [5.41, 5.74) is 7.97. The lowest BCUT2D eigenvalue weighted by Gasteiger charge is -2.38. The number of carbonyl (C=O) groups is 2. The lowest BCUT2D eigenvalue weighted by Crippen LogP contribution is -2.48. The van der Waals surface area contributed by atoms with E-state index in [1.54, 1.807) is 13.0 Å². The van der Waals surface area contributed by atoms with Crippen molar-refractivity contribution in [2.45, 2.75) is 106 Å². The Labute approximate surface area is 256 Å². The summed E-state index contributed by atoms with van der Waals surface area (Å²) in [5, 5.41) is 13.5. The minimum absolute atomic E-state index is 0.200. The molecule has 9 nitrogen and oxygen atoms in total. The van der Waals surface area contributed by atoms with Crippen molar-refractivity contribution in [1.82, 2.24) is 19.9 Å². The number of nitrogens with one attached hydrogen (secondary N) is 1. The van der Waals surface area contributed by atoms with Gasteiger partial charge in [-0.05, 0) is 54.9 Å². The second-order valence-corrected chi connectivity index (χ2v) is 19.2. The third-order valence-corrected chi connectivity index (χ3v) is 14.6. The van der Waals surface area contributed by atoms with Crippen LogP contribution in [0.25, 0.3) is 22.4 Å². The first kappa shape index (κ1) is 33.8. The molecule has 0 saturated carbocycles. The fourth-order valence-corrected chi connectivity index (χ4v) is 11.3. The highest BCUT2D eigenvalue weighted by Gasteiger charge is 2.41. The van der Waals surface area contributed by atoms with Gasteiger partial charge in [0.15, 0.2) is 0 Å². The molecule has 0 saturated heterocycles. The van der Waals surface area contributed by atoms with Gasteiger partial charge in [-0.2, -0.15) is 0 Å². The molecule has 0 fully saturated rings. The number of aromatic nitrogens is 3. The van der Waals surface area contributed by atoms with Gasteiger partial charge in [-0.1, -0.05) is 68.2 Å². The summed E-state index contributed by atoms with van der Waals surface area (Å²) in [7, 11) is -2.08. The first-order valence-corrected chi connectivity index (χ1v) is 17.2. The Morgan fingerprint density at radius 1 is 1.02 bits per heavy atom. The highest BCUT2D eigenvalue weighted by atomic mass is 28.3. The Morgan fingerprint density at radius 3 is 2.16 bits per heavy atom. The lowest BCUT2D eigenvalue weighted by atomic mass is 9.95. The van der Waals surface area contributed by atoms with Gasteiger partial charge >= 0.3 is 6.09 Å². The molecule has 0 radical (unpaired) electrons. The van der Waals surface area contributed by atoms with Crippen molar-refractivity contribution in [3.8, 4) is 22.7 Å². The van der Waals surface area contributed by atoms with Crippen LogP contribution in [0.1, 0.15) is 86.3 Å². The molecule has 3 heterocycles. The minimum Gasteiger partial charge on any atom is -0.465 e. The SMILES string of the molecule is Cc1oc2ncnc(-c3cc(C#C[Si](C(C)C)(C(C)C)C(C)C)nc(NC(=O)C(C)N(CC(C)(C)C)C(=O)O)c3)c2c1C. The molecule has 0 aliphatic rings. The zero-order chi connectivity index (χ0) is 32.4. The second kappa shape index (κ2) is 12.9. The van der Waals surface area contributed by atoms with Gasteiger partial charge in [0.2, 0.25) is 11.6 Å². The number of carboxylic acid groups (broad SMARTS) is 1. The third kappa shape index (κ3) is 7.27. The summed E-state index contributed by atoms with van der Waals surface area (Å²) in [6.07, 6.45) is 0.301. The average molecular weight is 606 g/mol. The maximum Gasteiger partial charge on any atom is 0.407 e. The molecule has 0 aliphatic heterocycles. The lowest BCUT2D eigenvalue weighted by molar-refractivity contribution is -0.120. The Balaban J connectivity index is 2.19. The van der Waals surface area contributed by atoms with Crippen LogP contribution in [0.3, 0.4) is 0 Å². The van der Waals surface area contributed by atoms with E-state index in [0.29, 0.717) is 39.3 Å². The van der Waals surface area contributed by atoms with Crippen LogP contribution in [0.5, 0.6) is 0 Å². The number of amides is 2. The minimum atomic E-state index is -2.08. The zero-order valence-electron chi connectivity index (χ0n) is 27.7. The van der Waals surface area contributed by atoms with E-state index in [9.17, 15) is 14.7 Å². The van der Waals surface area contributed by atoms with Gasteiger partial charge in [-0.3, -0.25) is 9.69 Å². The van der Waals surface area contributed by atoms with E-state index >= 15 is 0 Å². The van der Waals surface area contributed by atoms with E-state index < -0.39 is 26.1 Å². The molecule has 232 valence electrons. The number of carbonyl (C=O) groups excluding carboxylic acids is 1. The highest BCUT2D eigenvalue weighted by molar-refractivity contribution is 6.90. The van der Waals surface area contributed by atoms with E-state index in [2.05, 4.69) is 68.3 Å². The number of furan rings is 1. The van der Waals surface area contributed by atoms with E-state index in [1.807, 2.05) is 40.7 Å². The van der Waals surface area contributed by atoms with Crippen molar-refractivity contribution in [3.63, 3.8) is 0 Å². The second-order valence-electron chi connectivity index (χ2n) is 13.6. The predicted octanol–water partition coefficient (Wildman–Crippen LogP) is 7.82. The first-order valence-electron chi connectivity index (χ1n) is 15.0. The maximum atomic E-state index is 13.4. The van der Waals surface area contributed by atoms with Crippen molar-refractivity contribution >= 4 is 37.0 Å². The quantitative estimate of drug-likeness (QED) is 0.198. The molecular weight excluding hydrogens is 558 g/mol. The van der Waals surface area contributed by atoms with Gasteiger partial charge < -0.3 is 14.8 Å². The molecule has 3 aromatic rings. The molecule has 0 aliphatic carbocycles. The molecule has 0 spiro atoms. The fourth-order valence-electron chi connectivity index (χ4n) is 6.06. The first-order chi connectivity index (χ1) is 19.9. The summed E-state index contributed by atoms with van der Waals surface area (Å²) >= 11 is 0. The summed E-state index contributed by atoms with van der Waals surface area (Å²) in [6, 6.07) is 2.69. The number of nitrogens with zero attached hydrogens (tertiary/aromatic N) is 4. The third-order valence-electron chi connectivity index (χ3n) is 8.33. The Hall–Kier alpha value is -3.71. The number of fused-ring (bicyclic) bond motifs is 1. The number of hydrogen-bond acceptors (Lipinski definition) is 6. The van der Waals surface area contributed by atoms with Crippen molar-refractivity contribution in [1.29, 1.82) is 0 Å². The Kier molecular flexibility index (Phi) is 10.1. The normalized spacial score (nSPS) is 12.9. The molecular formula is C33H47N5O4Si. The molecule has 0 aromatic carbocycles. The van der Waals surface area contributed by atoms with Gasteiger partial charge in [0, 0.05) is 17.7 Å². The predicted molar refractivity (Wildman–Crippen MR) is 175 cm³/mol. The van der Waals surface area contributed by atoms with Crippen LogP contribution in [0.2, 0.25) is 16.6 Å². The van der Waals surface area contributed by atoms with Crippen LogP contribution in [-0.2, 0) is 4.79 Å². The van der Waals surface area contributed by atoms with Crippen LogP contribution in [0.15, 0.2) is 22.9 Å². The monoisotopic (exact) mass is 605 g/mol. The van der Waals surface area contributed by atoms with E-state index in [1.165, 1.54) is 6.33 Å². The summed E-state index contributed by atoms with van der Waals surface area (Å²) < 4.78 is 5.86. The molecule has 43 heavy (non-hydrogen) atoms. The Morgan fingerprint density at radius 2 is 1.63 bits per heavy atom. The topological polar surface area (TPSA) is 121 Å². The summed E-state index contributed by atoms with van der Waals surface area (Å²) in [4.78, 5) is 40.3. The molecule has 1 unspecified atom stereocenters.